The molecule has 1 aromatic rings. The van der Waals surface area contributed by atoms with Crippen molar-refractivity contribution in [1.82, 2.24) is 0 Å². The maximum absolute atomic E-state index is 6.47. The average Bonchev–Trinajstić information content (AvgIpc) is 2.40. The van der Waals surface area contributed by atoms with E-state index in [1.165, 1.54) is 36.8 Å². The minimum atomic E-state index is 0.332. The molecule has 0 aromatic heterocycles. The van der Waals surface area contributed by atoms with Crippen LogP contribution < -0.4 is 5.73 Å². The van der Waals surface area contributed by atoms with Crippen LogP contribution in [0.15, 0.2) is 24.3 Å². The lowest BCUT2D eigenvalue weighted by Gasteiger charge is -2.38. The van der Waals surface area contributed by atoms with Crippen LogP contribution in [-0.4, -0.2) is 6.04 Å². The Balaban J connectivity index is 1.85. The van der Waals surface area contributed by atoms with Crippen molar-refractivity contribution >= 4 is 0 Å². The molecule has 0 bridgehead atoms. The fourth-order valence-electron chi connectivity index (χ4n) is 3.58. The Morgan fingerprint density at radius 2 is 1.60 bits per heavy atom. The van der Waals surface area contributed by atoms with Crippen LogP contribution in [0.2, 0.25) is 0 Å². The normalized spacial score (nSPS) is 25.4. The van der Waals surface area contributed by atoms with Crippen molar-refractivity contribution in [2.75, 3.05) is 0 Å². The number of aryl methyl sites for hydroxylation is 1. The van der Waals surface area contributed by atoms with Gasteiger partial charge in [0.05, 0.1) is 0 Å². The van der Waals surface area contributed by atoms with Gasteiger partial charge in [-0.2, -0.15) is 0 Å². The van der Waals surface area contributed by atoms with Crippen molar-refractivity contribution in [1.29, 1.82) is 0 Å². The van der Waals surface area contributed by atoms with E-state index >= 15 is 0 Å². The second-order valence-corrected chi connectivity index (χ2v) is 7.83. The monoisotopic (exact) mass is 273 g/mol. The summed E-state index contributed by atoms with van der Waals surface area (Å²) in [7, 11) is 0. The van der Waals surface area contributed by atoms with E-state index in [9.17, 15) is 0 Å². The highest BCUT2D eigenvalue weighted by Crippen LogP contribution is 2.40. The van der Waals surface area contributed by atoms with Crippen molar-refractivity contribution in [3.63, 3.8) is 0 Å². The summed E-state index contributed by atoms with van der Waals surface area (Å²) in [5, 5.41) is 0. The SMILES string of the molecule is Cc1ccc(CC(N)C2CCC(C(C)(C)C)CC2)cc1. The largest absolute Gasteiger partial charge is 0.327 e. The van der Waals surface area contributed by atoms with E-state index in [2.05, 4.69) is 52.0 Å². The smallest absolute Gasteiger partial charge is 0.0108 e. The lowest BCUT2D eigenvalue weighted by molar-refractivity contribution is 0.139. The Morgan fingerprint density at radius 1 is 1.05 bits per heavy atom. The first-order valence-electron chi connectivity index (χ1n) is 8.17. The molecule has 0 amide bonds. The maximum atomic E-state index is 6.47. The first kappa shape index (κ1) is 15.6. The predicted molar refractivity (Wildman–Crippen MR) is 87.8 cm³/mol. The Kier molecular flexibility index (Phi) is 4.90. The van der Waals surface area contributed by atoms with Gasteiger partial charge in [0.1, 0.15) is 0 Å². The summed E-state index contributed by atoms with van der Waals surface area (Å²) in [4.78, 5) is 0. The predicted octanol–water partition coefficient (Wildman–Crippen LogP) is 4.72. The van der Waals surface area contributed by atoms with Gasteiger partial charge in [0.2, 0.25) is 0 Å². The van der Waals surface area contributed by atoms with E-state index in [-0.39, 0.29) is 0 Å². The molecule has 1 aliphatic rings. The van der Waals surface area contributed by atoms with Crippen LogP contribution in [0.5, 0.6) is 0 Å². The van der Waals surface area contributed by atoms with Crippen molar-refractivity contribution in [3.8, 4) is 0 Å². The van der Waals surface area contributed by atoms with Gasteiger partial charge >= 0.3 is 0 Å². The molecule has 0 heterocycles. The molecule has 0 spiro atoms. The Morgan fingerprint density at radius 3 is 2.10 bits per heavy atom. The van der Waals surface area contributed by atoms with Gasteiger partial charge in [0, 0.05) is 6.04 Å². The quantitative estimate of drug-likeness (QED) is 0.847. The molecule has 0 aliphatic heterocycles. The molecular formula is C19H31N. The second-order valence-electron chi connectivity index (χ2n) is 7.83. The van der Waals surface area contributed by atoms with Gasteiger partial charge in [-0.05, 0) is 61.8 Å². The third-order valence-corrected chi connectivity index (χ3v) is 5.19. The van der Waals surface area contributed by atoms with Crippen molar-refractivity contribution in [3.05, 3.63) is 35.4 Å². The van der Waals surface area contributed by atoms with Gasteiger partial charge in [-0.1, -0.05) is 50.6 Å². The highest BCUT2D eigenvalue weighted by atomic mass is 14.7. The minimum absolute atomic E-state index is 0.332. The maximum Gasteiger partial charge on any atom is 0.0108 e. The van der Waals surface area contributed by atoms with E-state index in [0.717, 1.165) is 18.3 Å². The first-order chi connectivity index (χ1) is 9.36. The molecule has 112 valence electrons. The van der Waals surface area contributed by atoms with Crippen LogP contribution in [0.3, 0.4) is 0 Å². The standard InChI is InChI=1S/C19H31N/c1-14-5-7-15(8-6-14)13-18(20)16-9-11-17(12-10-16)19(2,3)4/h5-8,16-18H,9-13,20H2,1-4H3. The fraction of sp³-hybridized carbons (Fsp3) is 0.684. The fourth-order valence-corrected chi connectivity index (χ4v) is 3.58. The highest BCUT2D eigenvalue weighted by Gasteiger charge is 2.31. The van der Waals surface area contributed by atoms with Crippen LogP contribution in [-0.2, 0) is 6.42 Å². The van der Waals surface area contributed by atoms with Gasteiger partial charge in [-0.3, -0.25) is 0 Å². The average molecular weight is 273 g/mol. The Hall–Kier alpha value is -0.820. The molecule has 1 aromatic carbocycles. The van der Waals surface area contributed by atoms with E-state index in [0.29, 0.717) is 11.5 Å². The number of hydrogen-bond acceptors (Lipinski definition) is 1. The van der Waals surface area contributed by atoms with Crippen LogP contribution in [0.1, 0.15) is 57.6 Å². The lowest BCUT2D eigenvalue weighted by atomic mass is 9.68. The lowest BCUT2D eigenvalue weighted by Crippen LogP contribution is -2.36. The molecule has 1 fully saturated rings. The zero-order chi connectivity index (χ0) is 14.8. The van der Waals surface area contributed by atoms with Crippen LogP contribution in [0.4, 0.5) is 0 Å². The summed E-state index contributed by atoms with van der Waals surface area (Å²) in [6.07, 6.45) is 6.38. The molecule has 1 unspecified atom stereocenters. The molecule has 1 atom stereocenters. The van der Waals surface area contributed by atoms with Crippen molar-refractivity contribution < 1.29 is 0 Å². The number of nitrogens with two attached hydrogens (primary N) is 1. The van der Waals surface area contributed by atoms with Crippen molar-refractivity contribution in [2.45, 2.75) is 65.8 Å². The van der Waals surface area contributed by atoms with Gasteiger partial charge < -0.3 is 5.73 Å². The van der Waals surface area contributed by atoms with Gasteiger partial charge in [-0.15, -0.1) is 0 Å². The van der Waals surface area contributed by atoms with E-state index < -0.39 is 0 Å². The zero-order valence-corrected chi connectivity index (χ0v) is 13.7. The molecule has 1 heteroatoms. The van der Waals surface area contributed by atoms with Crippen LogP contribution >= 0.6 is 0 Å². The second kappa shape index (κ2) is 6.30. The third-order valence-electron chi connectivity index (χ3n) is 5.19. The molecule has 20 heavy (non-hydrogen) atoms. The van der Waals surface area contributed by atoms with Crippen LogP contribution in [0.25, 0.3) is 0 Å². The minimum Gasteiger partial charge on any atom is -0.327 e. The van der Waals surface area contributed by atoms with Crippen LogP contribution in [0, 0.1) is 24.2 Å². The van der Waals surface area contributed by atoms with Gasteiger partial charge in [-0.25, -0.2) is 0 Å². The summed E-state index contributed by atoms with van der Waals surface area (Å²) in [5.74, 6) is 1.60. The number of benzene rings is 1. The summed E-state index contributed by atoms with van der Waals surface area (Å²) in [6, 6.07) is 9.18. The molecular weight excluding hydrogens is 242 g/mol. The van der Waals surface area contributed by atoms with E-state index in [1.54, 1.807) is 0 Å². The summed E-state index contributed by atoms with van der Waals surface area (Å²) in [5.41, 5.74) is 9.65. The highest BCUT2D eigenvalue weighted by molar-refractivity contribution is 5.22. The zero-order valence-electron chi connectivity index (χ0n) is 13.7. The molecule has 1 saturated carbocycles. The molecule has 0 radical (unpaired) electrons. The van der Waals surface area contributed by atoms with E-state index in [1.807, 2.05) is 0 Å². The number of hydrogen-bond donors (Lipinski definition) is 1. The summed E-state index contributed by atoms with van der Waals surface area (Å²) < 4.78 is 0. The molecule has 0 saturated heterocycles. The van der Waals surface area contributed by atoms with E-state index in [4.69, 9.17) is 5.73 Å². The molecule has 1 nitrogen and oxygen atoms in total. The third kappa shape index (κ3) is 4.09. The van der Waals surface area contributed by atoms with Crippen molar-refractivity contribution in [2.24, 2.45) is 23.0 Å². The number of rotatable bonds is 3. The molecule has 1 aliphatic carbocycles. The summed E-state index contributed by atoms with van der Waals surface area (Å²) >= 11 is 0. The molecule has 2 N–H and O–H groups in total. The first-order valence-corrected chi connectivity index (χ1v) is 8.17. The topological polar surface area (TPSA) is 26.0 Å². The Bertz CT molecular complexity index is 404. The Labute approximate surface area is 125 Å². The van der Waals surface area contributed by atoms with Gasteiger partial charge in [0.15, 0.2) is 0 Å². The van der Waals surface area contributed by atoms with Gasteiger partial charge in [0.25, 0.3) is 0 Å². The molecule has 2 rings (SSSR count). The summed E-state index contributed by atoms with van der Waals surface area (Å²) in [6.45, 7) is 9.27.